The van der Waals surface area contributed by atoms with Crippen LogP contribution in [0.25, 0.3) is 0 Å². The van der Waals surface area contributed by atoms with E-state index in [-0.39, 0.29) is 18.2 Å². The van der Waals surface area contributed by atoms with E-state index in [1.807, 2.05) is 30.3 Å². The van der Waals surface area contributed by atoms with Gasteiger partial charge in [0, 0.05) is 12.2 Å². The average Bonchev–Trinajstić information content (AvgIpc) is 2.72. The Labute approximate surface area is 176 Å². The fourth-order valence-corrected chi connectivity index (χ4v) is 2.93. The number of rotatable bonds is 9. The first-order chi connectivity index (χ1) is 14.3. The van der Waals surface area contributed by atoms with Gasteiger partial charge in [0.25, 0.3) is 5.91 Å². The van der Waals surface area contributed by atoms with Crippen molar-refractivity contribution >= 4 is 23.5 Å². The molecule has 6 nitrogen and oxygen atoms in total. The Bertz CT molecular complexity index is 853. The van der Waals surface area contributed by atoms with Gasteiger partial charge in [0.1, 0.15) is 11.9 Å². The Morgan fingerprint density at radius 3 is 2.23 bits per heavy atom. The summed E-state index contributed by atoms with van der Waals surface area (Å²) >= 11 is 0. The van der Waals surface area contributed by atoms with E-state index < -0.39 is 30.3 Å². The topological polar surface area (TPSA) is 75.7 Å². The lowest BCUT2D eigenvalue weighted by Crippen LogP contribution is -2.47. The van der Waals surface area contributed by atoms with Crippen LogP contribution in [0.4, 0.5) is 10.1 Å². The van der Waals surface area contributed by atoms with Gasteiger partial charge in [0.2, 0.25) is 5.91 Å². The van der Waals surface area contributed by atoms with Crippen LogP contribution in [0.2, 0.25) is 0 Å². The summed E-state index contributed by atoms with van der Waals surface area (Å²) < 4.78 is 18.3. The zero-order valence-electron chi connectivity index (χ0n) is 17.4. The van der Waals surface area contributed by atoms with Gasteiger partial charge in [-0.1, -0.05) is 44.2 Å². The minimum absolute atomic E-state index is 0.143. The standard InChI is InChI=1S/C23H27FN2O4/c1-4-26(19-12-10-18(24)11-13-19)21(28)15-30-23(29)22(16(2)3)25-20(27)14-17-8-6-5-7-9-17/h5-13,16,22H,4,14-15H2,1-3H3,(H,25,27)/t22-/m0/s1. The Morgan fingerprint density at radius 1 is 1.03 bits per heavy atom. The molecule has 0 bridgehead atoms. The van der Waals surface area contributed by atoms with E-state index in [2.05, 4.69) is 5.32 Å². The number of hydrogen-bond donors (Lipinski definition) is 1. The largest absolute Gasteiger partial charge is 0.454 e. The number of amides is 2. The third-order valence-corrected chi connectivity index (χ3v) is 4.54. The predicted molar refractivity (Wildman–Crippen MR) is 112 cm³/mol. The normalized spacial score (nSPS) is 11.6. The molecule has 160 valence electrons. The zero-order chi connectivity index (χ0) is 22.1. The van der Waals surface area contributed by atoms with Crippen LogP contribution in [0.1, 0.15) is 26.3 Å². The molecule has 2 amide bonds. The maximum Gasteiger partial charge on any atom is 0.329 e. The lowest BCUT2D eigenvalue weighted by Gasteiger charge is -2.23. The lowest BCUT2D eigenvalue weighted by atomic mass is 10.0. The summed E-state index contributed by atoms with van der Waals surface area (Å²) in [7, 11) is 0. The number of ether oxygens (including phenoxy) is 1. The highest BCUT2D eigenvalue weighted by Gasteiger charge is 2.27. The molecule has 30 heavy (non-hydrogen) atoms. The molecule has 0 aromatic heterocycles. The Kier molecular flexibility index (Phi) is 8.53. The lowest BCUT2D eigenvalue weighted by molar-refractivity contribution is -0.152. The van der Waals surface area contributed by atoms with Crippen LogP contribution in [-0.4, -0.2) is 37.0 Å². The average molecular weight is 414 g/mol. The molecule has 0 aliphatic heterocycles. The van der Waals surface area contributed by atoms with Crippen molar-refractivity contribution in [3.63, 3.8) is 0 Å². The van der Waals surface area contributed by atoms with Crippen LogP contribution in [-0.2, 0) is 25.5 Å². The van der Waals surface area contributed by atoms with E-state index in [9.17, 15) is 18.8 Å². The molecule has 2 aromatic rings. The molecule has 0 radical (unpaired) electrons. The first-order valence-corrected chi connectivity index (χ1v) is 9.87. The van der Waals surface area contributed by atoms with Gasteiger partial charge >= 0.3 is 5.97 Å². The fourth-order valence-electron chi connectivity index (χ4n) is 2.93. The molecular formula is C23H27FN2O4. The van der Waals surface area contributed by atoms with Gasteiger partial charge in [-0.2, -0.15) is 0 Å². The van der Waals surface area contributed by atoms with Crippen LogP contribution in [0, 0.1) is 11.7 Å². The summed E-state index contributed by atoms with van der Waals surface area (Å²) in [6, 6.07) is 13.8. The van der Waals surface area contributed by atoms with Crippen molar-refractivity contribution in [2.45, 2.75) is 33.2 Å². The van der Waals surface area contributed by atoms with Crippen LogP contribution < -0.4 is 10.2 Å². The van der Waals surface area contributed by atoms with Crippen molar-refractivity contribution < 1.29 is 23.5 Å². The molecule has 2 rings (SSSR count). The number of likely N-dealkylation sites (N-methyl/N-ethyl adjacent to an activating group) is 1. The van der Waals surface area contributed by atoms with Gasteiger partial charge in [-0.3, -0.25) is 9.59 Å². The molecule has 0 aliphatic carbocycles. The van der Waals surface area contributed by atoms with Gasteiger partial charge in [0.15, 0.2) is 6.61 Å². The molecule has 7 heteroatoms. The maximum atomic E-state index is 13.1. The van der Waals surface area contributed by atoms with E-state index in [0.29, 0.717) is 12.2 Å². The van der Waals surface area contributed by atoms with Crippen molar-refractivity contribution in [2.75, 3.05) is 18.1 Å². The molecule has 2 aromatic carbocycles. The second kappa shape index (κ2) is 11.1. The number of carbonyl (C=O) groups excluding carboxylic acids is 3. The number of hydrogen-bond acceptors (Lipinski definition) is 4. The van der Waals surface area contributed by atoms with Crippen molar-refractivity contribution in [1.29, 1.82) is 0 Å². The molecule has 0 heterocycles. The number of carbonyl (C=O) groups is 3. The van der Waals surface area contributed by atoms with Crippen molar-refractivity contribution in [1.82, 2.24) is 5.32 Å². The summed E-state index contributed by atoms with van der Waals surface area (Å²) in [4.78, 5) is 38.7. The zero-order valence-corrected chi connectivity index (χ0v) is 17.4. The number of esters is 1. The molecule has 0 spiro atoms. The van der Waals surface area contributed by atoms with Crippen LogP contribution >= 0.6 is 0 Å². The van der Waals surface area contributed by atoms with Gasteiger partial charge in [-0.25, -0.2) is 9.18 Å². The minimum atomic E-state index is -0.866. The number of anilines is 1. The first kappa shape index (κ1) is 23.1. The number of benzene rings is 2. The van der Waals surface area contributed by atoms with Crippen LogP contribution in [0.3, 0.4) is 0 Å². The second-order valence-electron chi connectivity index (χ2n) is 7.17. The van der Waals surface area contributed by atoms with Gasteiger partial charge in [0.05, 0.1) is 6.42 Å². The van der Waals surface area contributed by atoms with Gasteiger partial charge < -0.3 is 15.0 Å². The van der Waals surface area contributed by atoms with Gasteiger partial charge in [-0.05, 0) is 42.7 Å². The predicted octanol–water partition coefficient (Wildman–Crippen LogP) is 3.11. The summed E-state index contributed by atoms with van der Waals surface area (Å²) in [5, 5.41) is 2.69. The summed E-state index contributed by atoms with van der Waals surface area (Å²) in [5.74, 6) is -2.03. The van der Waals surface area contributed by atoms with Crippen molar-refractivity contribution in [3.05, 3.63) is 66.0 Å². The molecule has 1 atom stereocenters. The van der Waals surface area contributed by atoms with E-state index >= 15 is 0 Å². The molecule has 0 unspecified atom stereocenters. The Hall–Kier alpha value is -3.22. The Balaban J connectivity index is 1.94. The minimum Gasteiger partial charge on any atom is -0.454 e. The Morgan fingerprint density at radius 2 is 1.67 bits per heavy atom. The molecule has 0 aliphatic rings. The van der Waals surface area contributed by atoms with E-state index in [0.717, 1.165) is 5.56 Å². The van der Waals surface area contributed by atoms with E-state index in [1.54, 1.807) is 20.8 Å². The quantitative estimate of drug-likeness (QED) is 0.640. The summed E-state index contributed by atoms with van der Waals surface area (Å²) in [6.07, 6.45) is 0.143. The first-order valence-electron chi connectivity index (χ1n) is 9.87. The number of nitrogens with one attached hydrogen (secondary N) is 1. The summed E-state index contributed by atoms with van der Waals surface area (Å²) in [6.45, 7) is 5.20. The number of nitrogens with zero attached hydrogens (tertiary/aromatic N) is 1. The monoisotopic (exact) mass is 414 g/mol. The highest BCUT2D eigenvalue weighted by Crippen LogP contribution is 2.15. The smallest absolute Gasteiger partial charge is 0.329 e. The van der Waals surface area contributed by atoms with Crippen molar-refractivity contribution in [2.24, 2.45) is 5.92 Å². The highest BCUT2D eigenvalue weighted by molar-refractivity contribution is 5.95. The summed E-state index contributed by atoms with van der Waals surface area (Å²) in [5.41, 5.74) is 1.34. The number of halogens is 1. The molecule has 0 saturated heterocycles. The maximum absolute atomic E-state index is 13.1. The molecule has 0 saturated carbocycles. The van der Waals surface area contributed by atoms with E-state index in [4.69, 9.17) is 4.74 Å². The third kappa shape index (κ3) is 6.69. The highest BCUT2D eigenvalue weighted by atomic mass is 19.1. The SMILES string of the molecule is CCN(C(=O)COC(=O)[C@@H](NC(=O)Cc1ccccc1)C(C)C)c1ccc(F)cc1. The molecule has 0 fully saturated rings. The van der Waals surface area contributed by atoms with Gasteiger partial charge in [-0.15, -0.1) is 0 Å². The molecule has 1 N–H and O–H groups in total. The molecular weight excluding hydrogens is 387 g/mol. The second-order valence-corrected chi connectivity index (χ2v) is 7.17. The third-order valence-electron chi connectivity index (χ3n) is 4.54. The van der Waals surface area contributed by atoms with E-state index in [1.165, 1.54) is 29.2 Å². The van der Waals surface area contributed by atoms with Crippen molar-refractivity contribution in [3.8, 4) is 0 Å². The van der Waals surface area contributed by atoms with Crippen LogP contribution in [0.5, 0.6) is 0 Å². The van der Waals surface area contributed by atoms with Crippen LogP contribution in [0.15, 0.2) is 54.6 Å². The fraction of sp³-hybridized carbons (Fsp3) is 0.348.